The van der Waals surface area contributed by atoms with Gasteiger partial charge in [0.25, 0.3) is 5.91 Å². The molecule has 12 heteroatoms. The summed E-state index contributed by atoms with van der Waals surface area (Å²) in [6.45, 7) is 5.83. The lowest BCUT2D eigenvalue weighted by Gasteiger charge is -2.39. The molecule has 3 rings (SSSR count). The van der Waals surface area contributed by atoms with Crippen LogP contribution in [0.1, 0.15) is 76.1 Å². The molecule has 4 amide bonds. The first kappa shape index (κ1) is 31.4. The van der Waals surface area contributed by atoms with Gasteiger partial charge in [-0.1, -0.05) is 46.5 Å². The van der Waals surface area contributed by atoms with Crippen molar-refractivity contribution in [1.82, 2.24) is 20.6 Å². The average Bonchev–Trinajstić information content (AvgIpc) is 3.41. The first-order valence-electron chi connectivity index (χ1n) is 13.8. The van der Waals surface area contributed by atoms with E-state index >= 15 is 0 Å². The molecule has 1 heterocycles. The van der Waals surface area contributed by atoms with Crippen LogP contribution in [0.15, 0.2) is 12.1 Å². The summed E-state index contributed by atoms with van der Waals surface area (Å²) in [4.78, 5) is 52.0. The van der Waals surface area contributed by atoms with E-state index in [4.69, 9.17) is 0 Å². The molecule has 1 aromatic carbocycles. The van der Waals surface area contributed by atoms with Crippen molar-refractivity contribution in [3.63, 3.8) is 0 Å². The molecule has 0 radical (unpaired) electrons. The van der Waals surface area contributed by atoms with Crippen molar-refractivity contribution in [2.24, 2.45) is 17.3 Å². The summed E-state index contributed by atoms with van der Waals surface area (Å²) >= 11 is 0. The Kier molecular flexibility index (Phi) is 10.6. The number of amides is 4. The number of carbonyl (C=O) groups is 4. The smallest absolute Gasteiger partial charge is 0.254 e. The molecule has 0 aromatic heterocycles. The summed E-state index contributed by atoms with van der Waals surface area (Å²) < 4.78 is 40.7. The summed E-state index contributed by atoms with van der Waals surface area (Å²) in [6.07, 6.45) is 5.55. The molecule has 1 aromatic rings. The zero-order valence-corrected chi connectivity index (χ0v) is 23.2. The van der Waals surface area contributed by atoms with Crippen LogP contribution in [-0.4, -0.2) is 71.0 Å². The molecule has 0 spiro atoms. The highest BCUT2D eigenvalue weighted by Gasteiger charge is 2.39. The Morgan fingerprint density at radius 3 is 2.23 bits per heavy atom. The summed E-state index contributed by atoms with van der Waals surface area (Å²) in [6, 6.07) is -0.458. The van der Waals surface area contributed by atoms with E-state index in [1.165, 1.54) is 0 Å². The molecule has 9 nitrogen and oxygen atoms in total. The van der Waals surface area contributed by atoms with Crippen LogP contribution in [0.4, 0.5) is 13.2 Å². The number of rotatable bonds is 10. The van der Waals surface area contributed by atoms with E-state index in [0.29, 0.717) is 42.4 Å². The number of carbonyl (C=O) groups excluding carboxylic acids is 4. The molecular formula is C28H39F3N4O5. The standard InChI is InChI=1S/C28H39F3N4O5/c1-28(2,3)24(33-25(37)18(15-35(40)16-36)12-17-6-4-5-7-17)27(39)34-10-8-19(9-11-34)32-26(38)20-13-22(30)23(31)14-21(20)29/h13-14,16-19,24,40H,4-12,15H2,1-3H3,(H,32,38)(H,33,37)/t18-,24-/m1/s1. The molecule has 1 saturated heterocycles. The summed E-state index contributed by atoms with van der Waals surface area (Å²) in [7, 11) is 0. The Labute approximate surface area is 232 Å². The molecule has 1 aliphatic heterocycles. The van der Waals surface area contributed by atoms with Gasteiger partial charge in [-0.3, -0.25) is 24.4 Å². The second-order valence-electron chi connectivity index (χ2n) is 11.9. The van der Waals surface area contributed by atoms with Crippen LogP contribution in [0.2, 0.25) is 0 Å². The summed E-state index contributed by atoms with van der Waals surface area (Å²) in [5.41, 5.74) is -1.25. The van der Waals surface area contributed by atoms with Crippen molar-refractivity contribution in [3.05, 3.63) is 35.1 Å². The topological polar surface area (TPSA) is 119 Å². The second kappa shape index (κ2) is 13.5. The van der Waals surface area contributed by atoms with Crippen LogP contribution in [0, 0.1) is 34.7 Å². The van der Waals surface area contributed by atoms with Gasteiger partial charge < -0.3 is 15.5 Å². The number of hydrogen-bond donors (Lipinski definition) is 3. The van der Waals surface area contributed by atoms with Crippen LogP contribution in [0.25, 0.3) is 0 Å². The Hall–Kier alpha value is -3.15. The van der Waals surface area contributed by atoms with E-state index in [1.54, 1.807) is 4.90 Å². The number of halogens is 3. The first-order chi connectivity index (χ1) is 18.8. The van der Waals surface area contributed by atoms with Crippen molar-refractivity contribution < 1.29 is 37.6 Å². The van der Waals surface area contributed by atoms with Crippen LogP contribution < -0.4 is 10.6 Å². The molecule has 222 valence electrons. The number of nitrogens with one attached hydrogen (secondary N) is 2. The number of piperidine rings is 1. The van der Waals surface area contributed by atoms with Crippen LogP contribution in [-0.2, 0) is 14.4 Å². The van der Waals surface area contributed by atoms with Gasteiger partial charge in [0.1, 0.15) is 11.9 Å². The van der Waals surface area contributed by atoms with Crippen molar-refractivity contribution in [3.8, 4) is 0 Å². The maximum absolute atomic E-state index is 14.0. The quantitative estimate of drug-likeness (QED) is 0.173. The SMILES string of the molecule is CC(C)(C)[C@H](NC(=O)[C@H](CC1CCCC1)CN(O)C=O)C(=O)N1CCC(NC(=O)c2cc(F)c(F)cc2F)CC1. The fourth-order valence-electron chi connectivity index (χ4n) is 5.48. The first-order valence-corrected chi connectivity index (χ1v) is 13.8. The van der Waals surface area contributed by atoms with Crippen LogP contribution in [0.5, 0.6) is 0 Å². The highest BCUT2D eigenvalue weighted by atomic mass is 19.2. The van der Waals surface area contributed by atoms with Gasteiger partial charge in [-0.15, -0.1) is 0 Å². The minimum absolute atomic E-state index is 0.166. The Balaban J connectivity index is 1.62. The molecule has 0 bridgehead atoms. The number of likely N-dealkylation sites (tertiary alicyclic amines) is 1. The predicted octanol–water partition coefficient (Wildman–Crippen LogP) is 3.40. The Bertz CT molecular complexity index is 1080. The number of hydrogen-bond acceptors (Lipinski definition) is 5. The highest BCUT2D eigenvalue weighted by molar-refractivity contribution is 5.94. The molecule has 3 N–H and O–H groups in total. The van der Waals surface area contributed by atoms with E-state index < -0.39 is 58.2 Å². The van der Waals surface area contributed by atoms with Gasteiger partial charge in [0.15, 0.2) is 11.6 Å². The minimum Gasteiger partial charge on any atom is -0.349 e. The minimum atomic E-state index is -1.39. The summed E-state index contributed by atoms with van der Waals surface area (Å²) in [5, 5.41) is 15.7. The van der Waals surface area contributed by atoms with E-state index in [0.717, 1.165) is 25.7 Å². The molecule has 1 saturated carbocycles. The number of benzene rings is 1. The largest absolute Gasteiger partial charge is 0.349 e. The third-order valence-electron chi connectivity index (χ3n) is 7.79. The monoisotopic (exact) mass is 568 g/mol. The van der Waals surface area contributed by atoms with Gasteiger partial charge in [0.05, 0.1) is 18.0 Å². The van der Waals surface area contributed by atoms with Gasteiger partial charge in [-0.25, -0.2) is 18.2 Å². The predicted molar refractivity (Wildman–Crippen MR) is 139 cm³/mol. The van der Waals surface area contributed by atoms with Crippen molar-refractivity contribution >= 4 is 24.1 Å². The molecule has 2 atom stereocenters. The van der Waals surface area contributed by atoms with Gasteiger partial charge in [0, 0.05) is 25.2 Å². The molecule has 0 unspecified atom stereocenters. The normalized spacial score (nSPS) is 18.2. The lowest BCUT2D eigenvalue weighted by molar-refractivity contribution is -0.156. The zero-order valence-electron chi connectivity index (χ0n) is 23.2. The van der Waals surface area contributed by atoms with Crippen LogP contribution in [0.3, 0.4) is 0 Å². The lowest BCUT2D eigenvalue weighted by Crippen LogP contribution is -2.58. The van der Waals surface area contributed by atoms with Crippen molar-refractivity contribution in [1.29, 1.82) is 0 Å². The maximum Gasteiger partial charge on any atom is 0.254 e. The van der Waals surface area contributed by atoms with Crippen molar-refractivity contribution in [2.45, 2.75) is 77.8 Å². The van der Waals surface area contributed by atoms with Gasteiger partial charge >= 0.3 is 0 Å². The number of nitrogens with zero attached hydrogens (tertiary/aromatic N) is 2. The highest BCUT2D eigenvalue weighted by Crippen LogP contribution is 2.31. The Morgan fingerprint density at radius 2 is 1.65 bits per heavy atom. The molecular weight excluding hydrogens is 529 g/mol. The van der Waals surface area contributed by atoms with E-state index in [9.17, 15) is 37.6 Å². The van der Waals surface area contributed by atoms with E-state index in [2.05, 4.69) is 10.6 Å². The fraction of sp³-hybridized carbons (Fsp3) is 0.643. The maximum atomic E-state index is 14.0. The Morgan fingerprint density at radius 1 is 1.05 bits per heavy atom. The molecule has 1 aliphatic carbocycles. The fourth-order valence-corrected chi connectivity index (χ4v) is 5.48. The zero-order chi connectivity index (χ0) is 29.6. The molecule has 2 fully saturated rings. The molecule has 2 aliphatic rings. The lowest BCUT2D eigenvalue weighted by atomic mass is 9.84. The number of hydroxylamine groups is 2. The van der Waals surface area contributed by atoms with E-state index in [-0.39, 0.29) is 32.0 Å². The molecule has 40 heavy (non-hydrogen) atoms. The van der Waals surface area contributed by atoms with E-state index in [1.807, 2.05) is 20.8 Å². The van der Waals surface area contributed by atoms with Gasteiger partial charge in [0.2, 0.25) is 18.2 Å². The second-order valence-corrected chi connectivity index (χ2v) is 11.9. The van der Waals surface area contributed by atoms with Gasteiger partial charge in [-0.2, -0.15) is 0 Å². The van der Waals surface area contributed by atoms with Crippen molar-refractivity contribution in [2.75, 3.05) is 19.6 Å². The third-order valence-corrected chi connectivity index (χ3v) is 7.79. The van der Waals surface area contributed by atoms with Crippen LogP contribution >= 0.6 is 0 Å². The third kappa shape index (κ3) is 8.18. The van der Waals surface area contributed by atoms with Gasteiger partial charge in [-0.05, 0) is 36.7 Å². The average molecular weight is 569 g/mol. The summed E-state index contributed by atoms with van der Waals surface area (Å²) in [5.74, 6) is -5.82.